The van der Waals surface area contributed by atoms with E-state index in [4.69, 9.17) is 0 Å². The molecular weight excluding hydrogens is 372 g/mol. The number of anilines is 1. The molecule has 0 bridgehead atoms. The molecule has 3 rings (SSSR count). The summed E-state index contributed by atoms with van der Waals surface area (Å²) in [5, 5.41) is 16.5. The second kappa shape index (κ2) is 8.75. The number of carbonyl (C=O) groups is 2. The summed E-state index contributed by atoms with van der Waals surface area (Å²) in [6, 6.07) is 14.6. The normalized spacial score (nSPS) is 10.2. The molecule has 0 unspecified atom stereocenters. The molecule has 0 aliphatic heterocycles. The Morgan fingerprint density at radius 3 is 2.45 bits per heavy atom. The van der Waals surface area contributed by atoms with Gasteiger partial charge in [-0.05, 0) is 48.9 Å². The maximum atomic E-state index is 12.3. The van der Waals surface area contributed by atoms with Crippen LogP contribution in [0.4, 0.5) is 11.4 Å². The molecule has 2 aromatic carbocycles. The molecule has 0 atom stereocenters. The van der Waals surface area contributed by atoms with Crippen molar-refractivity contribution in [3.8, 4) is 0 Å². The molecule has 146 valence electrons. The van der Waals surface area contributed by atoms with Crippen LogP contribution in [0.2, 0.25) is 0 Å². The maximum absolute atomic E-state index is 12.3. The molecule has 0 saturated heterocycles. The van der Waals surface area contributed by atoms with E-state index >= 15 is 0 Å². The second-order valence-electron chi connectivity index (χ2n) is 6.33. The first-order valence-electron chi connectivity index (χ1n) is 8.77. The monoisotopic (exact) mass is 390 g/mol. The first-order valence-corrected chi connectivity index (χ1v) is 8.77. The highest BCUT2D eigenvalue weighted by molar-refractivity contribution is 6.04. The average molecular weight is 390 g/mol. The third-order valence-corrected chi connectivity index (χ3v) is 4.24. The predicted octanol–water partition coefficient (Wildman–Crippen LogP) is 3.48. The lowest BCUT2D eigenvalue weighted by molar-refractivity contribution is -0.385. The van der Waals surface area contributed by atoms with Crippen molar-refractivity contribution in [2.45, 2.75) is 13.5 Å². The van der Waals surface area contributed by atoms with Crippen molar-refractivity contribution in [1.29, 1.82) is 0 Å². The minimum Gasteiger partial charge on any atom is -0.348 e. The number of carbonyl (C=O) groups excluding carboxylic acids is 2. The summed E-state index contributed by atoms with van der Waals surface area (Å²) in [5.74, 6) is -0.593. The number of hydrogen-bond donors (Lipinski definition) is 2. The summed E-state index contributed by atoms with van der Waals surface area (Å²) in [7, 11) is 0. The van der Waals surface area contributed by atoms with Gasteiger partial charge in [0.25, 0.3) is 17.5 Å². The minimum atomic E-state index is -0.483. The number of aryl methyl sites for hydroxylation is 1. The van der Waals surface area contributed by atoms with Crippen LogP contribution < -0.4 is 10.6 Å². The lowest BCUT2D eigenvalue weighted by Gasteiger charge is -2.09. The smallest absolute Gasteiger partial charge is 0.272 e. The molecule has 8 heteroatoms. The van der Waals surface area contributed by atoms with Crippen molar-refractivity contribution in [2.24, 2.45) is 0 Å². The van der Waals surface area contributed by atoms with E-state index in [0.29, 0.717) is 22.4 Å². The van der Waals surface area contributed by atoms with Crippen LogP contribution >= 0.6 is 0 Å². The van der Waals surface area contributed by atoms with Crippen molar-refractivity contribution in [3.63, 3.8) is 0 Å². The highest BCUT2D eigenvalue weighted by Gasteiger charge is 2.13. The maximum Gasteiger partial charge on any atom is 0.272 e. The van der Waals surface area contributed by atoms with Gasteiger partial charge in [-0.3, -0.25) is 24.7 Å². The van der Waals surface area contributed by atoms with Crippen LogP contribution in [0, 0.1) is 17.0 Å². The molecule has 0 fully saturated rings. The highest BCUT2D eigenvalue weighted by atomic mass is 16.6. The van der Waals surface area contributed by atoms with E-state index in [1.807, 2.05) is 6.07 Å². The van der Waals surface area contributed by atoms with Crippen LogP contribution in [0.5, 0.6) is 0 Å². The van der Waals surface area contributed by atoms with E-state index in [9.17, 15) is 19.7 Å². The van der Waals surface area contributed by atoms with Crippen LogP contribution in [0.15, 0.2) is 67.0 Å². The number of nitrogens with zero attached hydrogens (tertiary/aromatic N) is 2. The molecule has 0 aliphatic carbocycles. The summed E-state index contributed by atoms with van der Waals surface area (Å²) in [5.41, 5.74) is 2.62. The Kier molecular flexibility index (Phi) is 5.94. The number of nitrogens with one attached hydrogen (secondary N) is 2. The van der Waals surface area contributed by atoms with E-state index < -0.39 is 4.92 Å². The van der Waals surface area contributed by atoms with Crippen molar-refractivity contribution in [2.75, 3.05) is 5.32 Å². The van der Waals surface area contributed by atoms with E-state index in [1.54, 1.807) is 49.6 Å². The summed E-state index contributed by atoms with van der Waals surface area (Å²) in [4.78, 5) is 38.9. The van der Waals surface area contributed by atoms with Gasteiger partial charge in [0.1, 0.15) is 0 Å². The van der Waals surface area contributed by atoms with Crippen molar-refractivity contribution in [1.82, 2.24) is 10.3 Å². The Bertz CT molecular complexity index is 1070. The third kappa shape index (κ3) is 5.01. The van der Waals surface area contributed by atoms with Gasteiger partial charge in [-0.1, -0.05) is 12.1 Å². The van der Waals surface area contributed by atoms with Crippen LogP contribution in [-0.2, 0) is 6.54 Å². The number of nitro groups is 1. The van der Waals surface area contributed by atoms with Crippen molar-refractivity contribution >= 4 is 23.2 Å². The molecule has 1 heterocycles. The third-order valence-electron chi connectivity index (χ3n) is 4.24. The van der Waals surface area contributed by atoms with Crippen LogP contribution in [0.25, 0.3) is 0 Å². The zero-order valence-electron chi connectivity index (χ0n) is 15.6. The van der Waals surface area contributed by atoms with Crippen LogP contribution in [0.3, 0.4) is 0 Å². The molecule has 3 aromatic rings. The summed E-state index contributed by atoms with van der Waals surface area (Å²) in [6.45, 7) is 1.83. The minimum absolute atomic E-state index is 0.0285. The number of benzene rings is 2. The first kappa shape index (κ1) is 19.7. The van der Waals surface area contributed by atoms with Crippen LogP contribution in [-0.4, -0.2) is 21.7 Å². The van der Waals surface area contributed by atoms with Gasteiger partial charge in [-0.25, -0.2) is 0 Å². The predicted molar refractivity (Wildman–Crippen MR) is 108 cm³/mol. The lowest BCUT2D eigenvalue weighted by atomic mass is 10.1. The van der Waals surface area contributed by atoms with Crippen molar-refractivity contribution < 1.29 is 14.5 Å². The molecule has 2 N–H and O–H groups in total. The Morgan fingerprint density at radius 2 is 1.76 bits per heavy atom. The molecule has 0 radical (unpaired) electrons. The zero-order chi connectivity index (χ0) is 20.8. The number of rotatable bonds is 6. The van der Waals surface area contributed by atoms with Crippen molar-refractivity contribution in [3.05, 3.63) is 99.4 Å². The number of aromatic nitrogens is 1. The number of amides is 2. The van der Waals surface area contributed by atoms with Gasteiger partial charge in [-0.2, -0.15) is 0 Å². The Labute approximate surface area is 166 Å². The summed E-state index contributed by atoms with van der Waals surface area (Å²) < 4.78 is 0. The van der Waals surface area contributed by atoms with E-state index in [2.05, 4.69) is 15.6 Å². The molecular formula is C21H18N4O4. The molecule has 1 aromatic heterocycles. The standard InChI is InChI=1S/C21H18N4O4/c1-14-11-17(5-6-19(14)25(28)29)20(26)23-13-15-3-2-4-18(12-15)24-21(27)16-7-9-22-10-8-16/h2-12H,13H2,1H3,(H,23,26)(H,24,27). The van der Waals surface area contributed by atoms with E-state index in [1.165, 1.54) is 18.2 Å². The SMILES string of the molecule is Cc1cc(C(=O)NCc2cccc(NC(=O)c3ccncc3)c2)ccc1[N+](=O)[O-]. The first-order chi connectivity index (χ1) is 13.9. The van der Waals surface area contributed by atoms with Gasteiger partial charge in [0.05, 0.1) is 4.92 Å². The summed E-state index contributed by atoms with van der Waals surface area (Å²) in [6.07, 6.45) is 3.08. The quantitative estimate of drug-likeness (QED) is 0.494. The van der Waals surface area contributed by atoms with Crippen LogP contribution in [0.1, 0.15) is 31.8 Å². The van der Waals surface area contributed by atoms with Gasteiger partial charge in [0, 0.05) is 47.4 Å². The van der Waals surface area contributed by atoms with E-state index in [-0.39, 0.29) is 24.0 Å². The summed E-state index contributed by atoms with van der Waals surface area (Å²) >= 11 is 0. The molecule has 0 aliphatic rings. The van der Waals surface area contributed by atoms with Gasteiger partial charge < -0.3 is 10.6 Å². The zero-order valence-corrected chi connectivity index (χ0v) is 15.6. The van der Waals surface area contributed by atoms with Gasteiger partial charge in [-0.15, -0.1) is 0 Å². The Hall–Kier alpha value is -4.07. The van der Waals surface area contributed by atoms with Gasteiger partial charge in [0.15, 0.2) is 0 Å². The van der Waals surface area contributed by atoms with E-state index in [0.717, 1.165) is 5.56 Å². The molecule has 29 heavy (non-hydrogen) atoms. The molecule has 0 saturated carbocycles. The number of nitro benzene ring substituents is 1. The Balaban J connectivity index is 1.63. The number of pyridine rings is 1. The molecule has 2 amide bonds. The lowest BCUT2D eigenvalue weighted by Crippen LogP contribution is -2.23. The largest absolute Gasteiger partial charge is 0.348 e. The average Bonchev–Trinajstić information content (AvgIpc) is 2.72. The van der Waals surface area contributed by atoms with Gasteiger partial charge in [0.2, 0.25) is 0 Å². The highest BCUT2D eigenvalue weighted by Crippen LogP contribution is 2.19. The number of hydrogen-bond acceptors (Lipinski definition) is 5. The fraction of sp³-hybridized carbons (Fsp3) is 0.0952. The molecule has 8 nitrogen and oxygen atoms in total. The fourth-order valence-corrected chi connectivity index (χ4v) is 2.75. The van der Waals surface area contributed by atoms with Gasteiger partial charge >= 0.3 is 0 Å². The second-order valence-corrected chi connectivity index (χ2v) is 6.33. The molecule has 0 spiro atoms. The Morgan fingerprint density at radius 1 is 1.00 bits per heavy atom. The topological polar surface area (TPSA) is 114 Å². The fourth-order valence-electron chi connectivity index (χ4n) is 2.75.